The lowest BCUT2D eigenvalue weighted by Crippen LogP contribution is -2.30. The average molecular weight is 308 g/mol. The van der Waals surface area contributed by atoms with E-state index in [4.69, 9.17) is 9.26 Å². The van der Waals surface area contributed by atoms with Crippen molar-refractivity contribution in [1.29, 1.82) is 0 Å². The van der Waals surface area contributed by atoms with Crippen LogP contribution >= 0.6 is 11.3 Å². The van der Waals surface area contributed by atoms with Gasteiger partial charge in [0, 0.05) is 15.8 Å². The number of ether oxygens (including phenoxy) is 1. The zero-order valence-electron chi connectivity index (χ0n) is 12.2. The van der Waals surface area contributed by atoms with Gasteiger partial charge in [0.25, 0.3) is 5.91 Å². The molecule has 0 saturated heterocycles. The lowest BCUT2D eigenvalue weighted by atomic mass is 10.2. The first-order valence-electron chi connectivity index (χ1n) is 6.39. The summed E-state index contributed by atoms with van der Waals surface area (Å²) >= 11 is 1.51. The fourth-order valence-electron chi connectivity index (χ4n) is 1.76. The molecule has 1 amide bonds. The van der Waals surface area contributed by atoms with Gasteiger partial charge in [-0.05, 0) is 33.8 Å². The third kappa shape index (κ3) is 3.69. The standard InChI is InChI=1S/C14H16N2O4S/c1-7-5-12(16-20-7)15-13(17)9(3)19-14(18)11-6-8(2)21-10(11)4/h5-6,9H,1-4H3,(H,15,16,17). The lowest BCUT2D eigenvalue weighted by molar-refractivity contribution is -0.123. The van der Waals surface area contributed by atoms with Crippen molar-refractivity contribution >= 4 is 29.0 Å². The van der Waals surface area contributed by atoms with Crippen molar-refractivity contribution in [2.75, 3.05) is 5.32 Å². The molecule has 0 aliphatic rings. The third-order valence-corrected chi connectivity index (χ3v) is 3.76. The molecule has 1 atom stereocenters. The van der Waals surface area contributed by atoms with E-state index in [2.05, 4.69) is 10.5 Å². The molecule has 0 aromatic carbocycles. The highest BCUT2D eigenvalue weighted by molar-refractivity contribution is 7.12. The number of aromatic nitrogens is 1. The van der Waals surface area contributed by atoms with E-state index in [1.165, 1.54) is 18.3 Å². The number of amides is 1. The van der Waals surface area contributed by atoms with Crippen LogP contribution in [0.5, 0.6) is 0 Å². The minimum atomic E-state index is -0.922. The monoisotopic (exact) mass is 308 g/mol. The first kappa shape index (κ1) is 15.2. The smallest absolute Gasteiger partial charge is 0.340 e. The predicted octanol–water partition coefficient (Wildman–Crippen LogP) is 2.85. The molecule has 6 nitrogen and oxygen atoms in total. The molecule has 1 unspecified atom stereocenters. The van der Waals surface area contributed by atoms with Gasteiger partial charge < -0.3 is 14.6 Å². The van der Waals surface area contributed by atoms with Gasteiger partial charge in [0.05, 0.1) is 5.56 Å². The van der Waals surface area contributed by atoms with E-state index in [0.717, 1.165) is 9.75 Å². The Hall–Kier alpha value is -2.15. The third-order valence-electron chi connectivity index (χ3n) is 2.79. The zero-order valence-corrected chi connectivity index (χ0v) is 13.0. The number of thiophene rings is 1. The number of nitrogens with one attached hydrogen (secondary N) is 1. The van der Waals surface area contributed by atoms with Gasteiger partial charge in [-0.2, -0.15) is 0 Å². The number of esters is 1. The van der Waals surface area contributed by atoms with Crippen LogP contribution < -0.4 is 5.32 Å². The summed E-state index contributed by atoms with van der Waals surface area (Å²) in [6, 6.07) is 3.34. The highest BCUT2D eigenvalue weighted by atomic mass is 32.1. The van der Waals surface area contributed by atoms with E-state index in [9.17, 15) is 9.59 Å². The van der Waals surface area contributed by atoms with Gasteiger partial charge in [-0.1, -0.05) is 5.16 Å². The summed E-state index contributed by atoms with van der Waals surface area (Å²) in [4.78, 5) is 25.8. The Balaban J connectivity index is 1.97. The summed E-state index contributed by atoms with van der Waals surface area (Å²) < 4.78 is 10.0. The van der Waals surface area contributed by atoms with Gasteiger partial charge in [0.15, 0.2) is 11.9 Å². The number of rotatable bonds is 4. The number of anilines is 1. The molecule has 1 N–H and O–H groups in total. The number of hydrogen-bond acceptors (Lipinski definition) is 6. The quantitative estimate of drug-likeness (QED) is 0.878. The van der Waals surface area contributed by atoms with Crippen LogP contribution in [0.2, 0.25) is 0 Å². The van der Waals surface area contributed by atoms with Gasteiger partial charge in [0.2, 0.25) is 0 Å². The molecular formula is C14H16N2O4S. The van der Waals surface area contributed by atoms with Crippen molar-refractivity contribution in [3.05, 3.63) is 33.2 Å². The van der Waals surface area contributed by atoms with Gasteiger partial charge in [-0.25, -0.2) is 4.79 Å². The molecule has 0 aliphatic heterocycles. The maximum Gasteiger partial charge on any atom is 0.340 e. The summed E-state index contributed by atoms with van der Waals surface area (Å²) in [5.41, 5.74) is 0.495. The largest absolute Gasteiger partial charge is 0.449 e. The molecule has 0 saturated carbocycles. The average Bonchev–Trinajstić information content (AvgIpc) is 2.95. The molecule has 0 fully saturated rings. The summed E-state index contributed by atoms with van der Waals surface area (Å²) in [5.74, 6) is -0.0839. The van der Waals surface area contributed by atoms with Crippen LogP contribution in [-0.4, -0.2) is 23.1 Å². The fourth-order valence-corrected chi connectivity index (χ4v) is 2.68. The summed E-state index contributed by atoms with van der Waals surface area (Å²) in [5, 5.41) is 6.17. The topological polar surface area (TPSA) is 81.4 Å². The van der Waals surface area contributed by atoms with Gasteiger partial charge in [0.1, 0.15) is 5.76 Å². The maximum atomic E-state index is 12.0. The van der Waals surface area contributed by atoms with E-state index in [0.29, 0.717) is 17.1 Å². The number of carbonyl (C=O) groups is 2. The van der Waals surface area contributed by atoms with Crippen LogP contribution in [0.3, 0.4) is 0 Å². The summed E-state index contributed by atoms with van der Waals surface area (Å²) in [7, 11) is 0. The van der Waals surface area contributed by atoms with E-state index >= 15 is 0 Å². The van der Waals surface area contributed by atoms with E-state index in [-0.39, 0.29) is 0 Å². The minimum Gasteiger partial charge on any atom is -0.449 e. The SMILES string of the molecule is Cc1cc(NC(=O)C(C)OC(=O)c2cc(C)sc2C)no1. The lowest BCUT2D eigenvalue weighted by Gasteiger charge is -2.12. The molecule has 0 radical (unpaired) electrons. The molecule has 21 heavy (non-hydrogen) atoms. The van der Waals surface area contributed by atoms with Gasteiger partial charge in [-0.3, -0.25) is 4.79 Å². The highest BCUT2D eigenvalue weighted by Crippen LogP contribution is 2.21. The van der Waals surface area contributed by atoms with Crippen molar-refractivity contribution in [3.8, 4) is 0 Å². The Labute approximate surface area is 126 Å². The Morgan fingerprint density at radius 2 is 2.05 bits per heavy atom. The van der Waals surface area contributed by atoms with E-state index in [1.54, 1.807) is 19.1 Å². The second kappa shape index (κ2) is 6.09. The van der Waals surface area contributed by atoms with Gasteiger partial charge >= 0.3 is 5.97 Å². The van der Waals surface area contributed by atoms with Crippen LogP contribution in [-0.2, 0) is 9.53 Å². The second-order valence-corrected chi connectivity index (χ2v) is 6.15. The minimum absolute atomic E-state index is 0.294. The Morgan fingerprint density at radius 3 is 2.57 bits per heavy atom. The van der Waals surface area contributed by atoms with Crippen molar-refractivity contribution in [2.45, 2.75) is 33.8 Å². The number of aryl methyl sites for hydroxylation is 3. The molecule has 2 aromatic heterocycles. The molecule has 2 aromatic rings. The molecule has 2 rings (SSSR count). The molecule has 112 valence electrons. The summed E-state index contributed by atoms with van der Waals surface area (Å²) in [6.07, 6.45) is -0.922. The van der Waals surface area contributed by atoms with Crippen molar-refractivity contribution < 1.29 is 18.8 Å². The highest BCUT2D eigenvalue weighted by Gasteiger charge is 2.21. The Kier molecular flexibility index (Phi) is 4.42. The van der Waals surface area contributed by atoms with Crippen LogP contribution in [0, 0.1) is 20.8 Å². The predicted molar refractivity (Wildman–Crippen MR) is 78.5 cm³/mol. The fraction of sp³-hybridized carbons (Fsp3) is 0.357. The molecule has 2 heterocycles. The molecule has 0 spiro atoms. The van der Waals surface area contributed by atoms with Crippen molar-refractivity contribution in [3.63, 3.8) is 0 Å². The molecular weight excluding hydrogens is 292 g/mol. The van der Waals surface area contributed by atoms with Crippen LogP contribution in [0.4, 0.5) is 5.82 Å². The Morgan fingerprint density at radius 1 is 1.33 bits per heavy atom. The summed E-state index contributed by atoms with van der Waals surface area (Å²) in [6.45, 7) is 6.98. The van der Waals surface area contributed by atoms with Crippen molar-refractivity contribution in [1.82, 2.24) is 5.16 Å². The first-order valence-corrected chi connectivity index (χ1v) is 7.20. The van der Waals surface area contributed by atoms with Crippen LogP contribution in [0.25, 0.3) is 0 Å². The van der Waals surface area contributed by atoms with Gasteiger partial charge in [-0.15, -0.1) is 11.3 Å². The first-order chi connectivity index (χ1) is 9.86. The second-order valence-electron chi connectivity index (χ2n) is 4.69. The normalized spacial score (nSPS) is 12.0. The number of nitrogens with zero attached hydrogens (tertiary/aromatic N) is 1. The molecule has 0 aliphatic carbocycles. The van der Waals surface area contributed by atoms with Crippen molar-refractivity contribution in [2.24, 2.45) is 0 Å². The molecule has 7 heteroatoms. The maximum absolute atomic E-state index is 12.0. The Bertz CT molecular complexity index is 674. The zero-order chi connectivity index (χ0) is 15.6. The van der Waals surface area contributed by atoms with E-state index in [1.807, 2.05) is 13.8 Å². The van der Waals surface area contributed by atoms with Crippen LogP contribution in [0.15, 0.2) is 16.7 Å². The molecule has 0 bridgehead atoms. The number of hydrogen-bond donors (Lipinski definition) is 1. The number of carbonyl (C=O) groups excluding carboxylic acids is 2. The van der Waals surface area contributed by atoms with Crippen LogP contribution in [0.1, 0.15) is 32.8 Å². The van der Waals surface area contributed by atoms with E-state index < -0.39 is 18.0 Å².